The van der Waals surface area contributed by atoms with Crippen molar-refractivity contribution >= 4 is 23.8 Å². The number of aliphatic carboxylic acids is 1. The summed E-state index contributed by atoms with van der Waals surface area (Å²) in [5.74, 6) is 0.429. The molecule has 1 aromatic heterocycles. The highest BCUT2D eigenvalue weighted by molar-refractivity contribution is 8.04. The number of rotatable bonds is 8. The quantitative estimate of drug-likeness (QED) is 0.432. The van der Waals surface area contributed by atoms with E-state index in [0.29, 0.717) is 18.2 Å². The van der Waals surface area contributed by atoms with Gasteiger partial charge >= 0.3 is 5.97 Å². The molecule has 7 heteroatoms. The van der Waals surface area contributed by atoms with Crippen LogP contribution in [0.4, 0.5) is 0 Å². The third kappa shape index (κ3) is 5.47. The van der Waals surface area contributed by atoms with E-state index in [1.165, 1.54) is 5.56 Å². The van der Waals surface area contributed by atoms with Gasteiger partial charge in [0.05, 0.1) is 0 Å². The molecule has 0 spiro atoms. The number of ether oxygens (including phenoxy) is 1. The van der Waals surface area contributed by atoms with Crippen LogP contribution in [0.3, 0.4) is 0 Å². The van der Waals surface area contributed by atoms with Gasteiger partial charge in [-0.1, -0.05) is 48.9 Å². The van der Waals surface area contributed by atoms with Gasteiger partial charge in [-0.25, -0.2) is 9.78 Å². The minimum Gasteiger partial charge on any atom is -0.489 e. The number of H-pyrrole nitrogens is 1. The normalized spacial score (nSPS) is 11.4. The van der Waals surface area contributed by atoms with Crippen molar-refractivity contribution in [1.29, 1.82) is 0 Å². The van der Waals surface area contributed by atoms with Gasteiger partial charge in [0.1, 0.15) is 23.1 Å². The molecular formula is C21H21N3O3S. The standard InChI is InChI=1S/C21H21N3O3S/c1-3-19-22-21(24-23-19)28-18(20(25)26)12-15-8-10-17(11-9-15)27-13-16-6-4-14(2)5-7-16/h4-12H,3,13H2,1-2H3,(H,25,26)(H,22,23,24)/b18-12-. The van der Waals surface area contributed by atoms with E-state index in [1.807, 2.05) is 50.2 Å². The summed E-state index contributed by atoms with van der Waals surface area (Å²) in [5.41, 5.74) is 3.07. The molecule has 2 aromatic carbocycles. The van der Waals surface area contributed by atoms with Gasteiger partial charge in [0.15, 0.2) is 0 Å². The van der Waals surface area contributed by atoms with Crippen LogP contribution in [0, 0.1) is 6.92 Å². The Morgan fingerprint density at radius 1 is 1.18 bits per heavy atom. The second-order valence-electron chi connectivity index (χ2n) is 6.18. The number of thioether (sulfide) groups is 1. The minimum atomic E-state index is -1.02. The highest BCUT2D eigenvalue weighted by Crippen LogP contribution is 2.26. The third-order valence-electron chi connectivity index (χ3n) is 3.96. The van der Waals surface area contributed by atoms with E-state index in [9.17, 15) is 9.90 Å². The fraction of sp³-hybridized carbons (Fsp3) is 0.190. The molecule has 0 unspecified atom stereocenters. The van der Waals surface area contributed by atoms with E-state index < -0.39 is 5.97 Å². The maximum Gasteiger partial charge on any atom is 0.342 e. The Morgan fingerprint density at radius 2 is 1.89 bits per heavy atom. The fourth-order valence-corrected chi connectivity index (χ4v) is 3.10. The number of hydrogen-bond donors (Lipinski definition) is 2. The molecule has 0 atom stereocenters. The lowest BCUT2D eigenvalue weighted by Crippen LogP contribution is -1.97. The Labute approximate surface area is 167 Å². The van der Waals surface area contributed by atoms with Gasteiger partial charge in [0.25, 0.3) is 0 Å². The number of aryl methyl sites for hydroxylation is 2. The zero-order valence-corrected chi connectivity index (χ0v) is 16.5. The fourth-order valence-electron chi connectivity index (χ4n) is 2.38. The number of carboxylic acids is 1. The SMILES string of the molecule is CCc1nc(S/C(=C\c2ccc(OCc3ccc(C)cc3)cc2)C(=O)O)n[nH]1. The summed E-state index contributed by atoms with van der Waals surface area (Å²) in [6, 6.07) is 15.5. The summed E-state index contributed by atoms with van der Waals surface area (Å²) < 4.78 is 5.78. The zero-order valence-electron chi connectivity index (χ0n) is 15.7. The van der Waals surface area contributed by atoms with Crippen LogP contribution in [-0.2, 0) is 17.8 Å². The number of carbonyl (C=O) groups is 1. The lowest BCUT2D eigenvalue weighted by atomic mass is 10.1. The molecule has 28 heavy (non-hydrogen) atoms. The van der Waals surface area contributed by atoms with Crippen LogP contribution >= 0.6 is 11.8 Å². The maximum atomic E-state index is 11.6. The van der Waals surface area contributed by atoms with Crippen LogP contribution in [-0.4, -0.2) is 26.3 Å². The van der Waals surface area contributed by atoms with Gasteiger partial charge in [-0.05, 0) is 48.0 Å². The first-order valence-electron chi connectivity index (χ1n) is 8.86. The van der Waals surface area contributed by atoms with Crippen LogP contribution in [0.25, 0.3) is 6.08 Å². The van der Waals surface area contributed by atoms with Gasteiger partial charge in [0, 0.05) is 6.42 Å². The summed E-state index contributed by atoms with van der Waals surface area (Å²) in [6.07, 6.45) is 2.31. The van der Waals surface area contributed by atoms with Crippen molar-refractivity contribution in [3.63, 3.8) is 0 Å². The van der Waals surface area contributed by atoms with Crippen LogP contribution in [0.1, 0.15) is 29.4 Å². The van der Waals surface area contributed by atoms with Crippen LogP contribution in [0.2, 0.25) is 0 Å². The van der Waals surface area contributed by atoms with Crippen LogP contribution in [0.15, 0.2) is 58.6 Å². The Balaban J connectivity index is 1.66. The summed E-state index contributed by atoms with van der Waals surface area (Å²) in [6.45, 7) is 4.48. The van der Waals surface area contributed by atoms with Crippen molar-refractivity contribution in [2.75, 3.05) is 0 Å². The topological polar surface area (TPSA) is 88.1 Å². The highest BCUT2D eigenvalue weighted by atomic mass is 32.2. The molecule has 0 bridgehead atoms. The van der Waals surface area contributed by atoms with Gasteiger partial charge in [-0.2, -0.15) is 0 Å². The van der Waals surface area contributed by atoms with Crippen LogP contribution < -0.4 is 4.74 Å². The molecule has 3 aromatic rings. The Morgan fingerprint density at radius 3 is 2.50 bits per heavy atom. The average molecular weight is 395 g/mol. The third-order valence-corrected chi connectivity index (χ3v) is 4.84. The number of nitrogens with zero attached hydrogens (tertiary/aromatic N) is 2. The first-order chi connectivity index (χ1) is 13.5. The second-order valence-corrected chi connectivity index (χ2v) is 7.19. The highest BCUT2D eigenvalue weighted by Gasteiger charge is 2.13. The number of aromatic amines is 1. The maximum absolute atomic E-state index is 11.6. The summed E-state index contributed by atoms with van der Waals surface area (Å²) in [5, 5.41) is 16.7. The first kappa shape index (κ1) is 19.7. The second kappa shape index (κ2) is 9.23. The number of carboxylic acid groups (broad SMARTS) is 1. The molecule has 0 aliphatic heterocycles. The summed E-state index contributed by atoms with van der Waals surface area (Å²) in [4.78, 5) is 15.9. The average Bonchev–Trinajstić information content (AvgIpc) is 3.16. The lowest BCUT2D eigenvalue weighted by Gasteiger charge is -2.07. The van der Waals surface area contributed by atoms with Crippen molar-refractivity contribution in [3.8, 4) is 5.75 Å². The molecule has 0 radical (unpaired) electrons. The number of hydrogen-bond acceptors (Lipinski definition) is 5. The Kier molecular flexibility index (Phi) is 6.49. The largest absolute Gasteiger partial charge is 0.489 e. The van der Waals surface area contributed by atoms with Gasteiger partial charge < -0.3 is 9.84 Å². The minimum absolute atomic E-state index is 0.148. The molecule has 3 rings (SSSR count). The monoisotopic (exact) mass is 395 g/mol. The Bertz CT molecular complexity index is 963. The van der Waals surface area contributed by atoms with E-state index in [2.05, 4.69) is 27.3 Å². The van der Waals surface area contributed by atoms with E-state index in [1.54, 1.807) is 6.08 Å². The summed E-state index contributed by atoms with van der Waals surface area (Å²) >= 11 is 1.02. The van der Waals surface area contributed by atoms with E-state index in [0.717, 1.165) is 34.5 Å². The molecule has 0 saturated heterocycles. The molecule has 6 nitrogen and oxygen atoms in total. The molecule has 0 amide bonds. The van der Waals surface area contributed by atoms with Crippen molar-refractivity contribution in [2.45, 2.75) is 32.0 Å². The predicted octanol–water partition coefficient (Wildman–Crippen LogP) is 4.47. The summed E-state index contributed by atoms with van der Waals surface area (Å²) in [7, 11) is 0. The number of benzene rings is 2. The van der Waals surface area contributed by atoms with Crippen molar-refractivity contribution in [3.05, 3.63) is 76.0 Å². The number of aromatic nitrogens is 3. The van der Waals surface area contributed by atoms with Crippen molar-refractivity contribution in [2.24, 2.45) is 0 Å². The molecule has 0 aliphatic carbocycles. The zero-order chi connectivity index (χ0) is 19.9. The van der Waals surface area contributed by atoms with Gasteiger partial charge in [0.2, 0.25) is 5.16 Å². The first-order valence-corrected chi connectivity index (χ1v) is 9.67. The molecule has 0 aliphatic rings. The molecular weight excluding hydrogens is 374 g/mol. The van der Waals surface area contributed by atoms with Crippen molar-refractivity contribution in [1.82, 2.24) is 15.2 Å². The van der Waals surface area contributed by atoms with E-state index in [4.69, 9.17) is 4.74 Å². The van der Waals surface area contributed by atoms with Gasteiger partial charge in [-0.3, -0.25) is 5.10 Å². The Hall–Kier alpha value is -3.06. The molecule has 2 N–H and O–H groups in total. The van der Waals surface area contributed by atoms with E-state index in [-0.39, 0.29) is 4.91 Å². The van der Waals surface area contributed by atoms with Gasteiger partial charge in [-0.15, -0.1) is 5.10 Å². The van der Waals surface area contributed by atoms with Crippen molar-refractivity contribution < 1.29 is 14.6 Å². The molecule has 0 saturated carbocycles. The number of nitrogens with one attached hydrogen (secondary N) is 1. The van der Waals surface area contributed by atoms with E-state index >= 15 is 0 Å². The smallest absolute Gasteiger partial charge is 0.342 e. The molecule has 1 heterocycles. The predicted molar refractivity (Wildman–Crippen MR) is 109 cm³/mol. The molecule has 144 valence electrons. The van der Waals surface area contributed by atoms with Crippen LogP contribution in [0.5, 0.6) is 5.75 Å². The lowest BCUT2D eigenvalue weighted by molar-refractivity contribution is -0.131. The molecule has 0 fully saturated rings.